The molecule has 1 aromatic heterocycles. The summed E-state index contributed by atoms with van der Waals surface area (Å²) in [7, 11) is 0. The summed E-state index contributed by atoms with van der Waals surface area (Å²) in [4.78, 5) is 28.2. The number of hydrogen-bond donors (Lipinski definition) is 1. The number of hydrogen-bond acceptors (Lipinski definition) is 5. The van der Waals surface area contributed by atoms with E-state index in [1.54, 1.807) is 0 Å². The van der Waals surface area contributed by atoms with E-state index in [-0.39, 0.29) is 5.69 Å². The summed E-state index contributed by atoms with van der Waals surface area (Å²) in [5.41, 5.74) is 0.514. The lowest BCUT2D eigenvalue weighted by atomic mass is 10.2. The monoisotopic (exact) mass is 263 g/mol. The van der Waals surface area contributed by atoms with Crippen LogP contribution < -0.4 is 0 Å². The smallest absolute Gasteiger partial charge is 0.327 e. The first-order valence-electron chi connectivity index (χ1n) is 5.11. The minimum absolute atomic E-state index is 0.155. The molecule has 0 aliphatic carbocycles. The van der Waals surface area contributed by atoms with Crippen LogP contribution in [0.4, 0.5) is 0 Å². The Labute approximate surface area is 107 Å². The van der Waals surface area contributed by atoms with Gasteiger partial charge in [-0.3, -0.25) is 4.79 Å². The van der Waals surface area contributed by atoms with Crippen LogP contribution in [0, 0.1) is 11.3 Å². The molecule has 92 valence electrons. The van der Waals surface area contributed by atoms with Crippen LogP contribution in [0.1, 0.15) is 16.1 Å². The zero-order valence-electron chi connectivity index (χ0n) is 9.24. The van der Waals surface area contributed by atoms with E-state index in [2.05, 4.69) is 4.98 Å². The fraction of sp³-hybridized carbons (Fsp3) is 0.273. The van der Waals surface area contributed by atoms with E-state index in [0.29, 0.717) is 17.2 Å². The fourth-order valence-electron chi connectivity index (χ4n) is 1.58. The van der Waals surface area contributed by atoms with Gasteiger partial charge in [0.1, 0.15) is 17.8 Å². The van der Waals surface area contributed by atoms with Crippen molar-refractivity contribution in [3.05, 3.63) is 29.6 Å². The van der Waals surface area contributed by atoms with Crippen molar-refractivity contribution in [3.8, 4) is 6.07 Å². The summed E-state index contributed by atoms with van der Waals surface area (Å²) in [5, 5.41) is 17.6. The first kappa shape index (κ1) is 12.4. The number of nitrogens with zero attached hydrogens (tertiary/aromatic N) is 3. The van der Waals surface area contributed by atoms with Gasteiger partial charge in [0.2, 0.25) is 0 Å². The average Bonchev–Trinajstić information content (AvgIpc) is 2.87. The number of aromatic nitrogens is 1. The maximum absolute atomic E-state index is 12.1. The Bertz CT molecular complexity index is 523. The van der Waals surface area contributed by atoms with Crippen molar-refractivity contribution < 1.29 is 14.7 Å². The third-order valence-corrected chi connectivity index (χ3v) is 3.55. The second-order valence-electron chi connectivity index (χ2n) is 3.67. The molecule has 1 atom stereocenters. The number of rotatable bonds is 2. The van der Waals surface area contributed by atoms with Crippen molar-refractivity contribution in [3.63, 3.8) is 0 Å². The molecule has 2 heterocycles. The number of aliphatic carboxylic acids is 1. The van der Waals surface area contributed by atoms with Gasteiger partial charge in [0, 0.05) is 11.9 Å². The molecule has 0 spiro atoms. The molecule has 1 unspecified atom stereocenters. The highest BCUT2D eigenvalue weighted by Crippen LogP contribution is 2.22. The molecule has 0 bridgehead atoms. The van der Waals surface area contributed by atoms with Crippen molar-refractivity contribution in [1.29, 1.82) is 5.26 Å². The minimum atomic E-state index is -1.01. The molecule has 0 radical (unpaired) electrons. The molecule has 1 fully saturated rings. The summed E-state index contributed by atoms with van der Waals surface area (Å²) in [6, 6.07) is 4.02. The predicted molar refractivity (Wildman–Crippen MR) is 63.9 cm³/mol. The standard InChI is InChI=1S/C11H9N3O3S/c12-3-7-1-2-8(13-4-7)10(15)14-6-18-5-9(14)11(16)17/h1-2,4,9H,5-6H2,(H,16,17). The Morgan fingerprint density at radius 2 is 2.33 bits per heavy atom. The van der Waals surface area contributed by atoms with E-state index in [1.807, 2.05) is 6.07 Å². The molecular formula is C11H9N3O3S. The van der Waals surface area contributed by atoms with Crippen molar-refractivity contribution in [2.45, 2.75) is 6.04 Å². The Kier molecular flexibility index (Phi) is 3.48. The molecule has 1 amide bonds. The van der Waals surface area contributed by atoms with E-state index in [0.717, 1.165) is 0 Å². The van der Waals surface area contributed by atoms with Gasteiger partial charge < -0.3 is 10.0 Å². The molecule has 2 rings (SSSR count). The number of amides is 1. The third kappa shape index (κ3) is 2.28. The second-order valence-corrected chi connectivity index (χ2v) is 4.67. The van der Waals surface area contributed by atoms with Gasteiger partial charge in [0.25, 0.3) is 5.91 Å². The fourth-order valence-corrected chi connectivity index (χ4v) is 2.73. The average molecular weight is 263 g/mol. The molecule has 1 aliphatic rings. The highest BCUT2D eigenvalue weighted by Gasteiger charge is 2.35. The molecule has 0 saturated carbocycles. The van der Waals surface area contributed by atoms with Crippen LogP contribution in [0.2, 0.25) is 0 Å². The lowest BCUT2D eigenvalue weighted by Crippen LogP contribution is -2.42. The molecule has 6 nitrogen and oxygen atoms in total. The first-order valence-corrected chi connectivity index (χ1v) is 6.26. The Morgan fingerprint density at radius 1 is 1.56 bits per heavy atom. The molecule has 1 N–H and O–H groups in total. The van der Waals surface area contributed by atoms with Crippen LogP contribution in [-0.2, 0) is 4.79 Å². The van der Waals surface area contributed by atoms with Crippen molar-refractivity contribution in [2.75, 3.05) is 11.6 Å². The van der Waals surface area contributed by atoms with Gasteiger partial charge in [-0.25, -0.2) is 9.78 Å². The second kappa shape index (κ2) is 5.06. The van der Waals surface area contributed by atoms with Crippen LogP contribution in [0.25, 0.3) is 0 Å². The zero-order chi connectivity index (χ0) is 13.1. The molecular weight excluding hydrogens is 254 g/mol. The van der Waals surface area contributed by atoms with Crippen molar-refractivity contribution >= 4 is 23.6 Å². The number of thioether (sulfide) groups is 1. The summed E-state index contributed by atoms with van der Waals surface area (Å²) < 4.78 is 0. The van der Waals surface area contributed by atoms with Gasteiger partial charge in [-0.2, -0.15) is 5.26 Å². The van der Waals surface area contributed by atoms with E-state index in [1.165, 1.54) is 35.0 Å². The van der Waals surface area contributed by atoms with Gasteiger partial charge in [0.15, 0.2) is 0 Å². The highest BCUT2D eigenvalue weighted by atomic mass is 32.2. The summed E-state index contributed by atoms with van der Waals surface area (Å²) in [6.07, 6.45) is 1.30. The van der Waals surface area contributed by atoms with Crippen LogP contribution in [0.15, 0.2) is 18.3 Å². The molecule has 1 saturated heterocycles. The van der Waals surface area contributed by atoms with Crippen LogP contribution in [0.5, 0.6) is 0 Å². The number of carboxylic acids is 1. The van der Waals surface area contributed by atoms with E-state index in [9.17, 15) is 9.59 Å². The molecule has 0 aromatic carbocycles. The predicted octanol–water partition coefficient (Wildman–Crippen LogP) is 0.553. The number of nitriles is 1. The zero-order valence-corrected chi connectivity index (χ0v) is 10.1. The molecule has 1 aliphatic heterocycles. The van der Waals surface area contributed by atoms with Crippen LogP contribution in [-0.4, -0.2) is 44.5 Å². The van der Waals surface area contributed by atoms with Crippen molar-refractivity contribution in [1.82, 2.24) is 9.88 Å². The maximum Gasteiger partial charge on any atom is 0.327 e. The molecule has 7 heteroatoms. The summed E-state index contributed by atoms with van der Waals surface area (Å²) in [5.74, 6) is -0.701. The quantitative estimate of drug-likeness (QED) is 0.837. The lowest BCUT2D eigenvalue weighted by Gasteiger charge is -2.19. The number of carbonyl (C=O) groups excluding carboxylic acids is 1. The Hall–Kier alpha value is -2.07. The van der Waals surface area contributed by atoms with E-state index >= 15 is 0 Å². The Morgan fingerprint density at radius 3 is 2.89 bits per heavy atom. The molecule has 1 aromatic rings. The first-order chi connectivity index (χ1) is 8.63. The highest BCUT2D eigenvalue weighted by molar-refractivity contribution is 7.99. The lowest BCUT2D eigenvalue weighted by molar-refractivity contribution is -0.140. The third-order valence-electron chi connectivity index (χ3n) is 2.54. The van der Waals surface area contributed by atoms with Gasteiger partial charge in [-0.05, 0) is 12.1 Å². The number of pyridine rings is 1. The normalized spacial score (nSPS) is 18.4. The topological polar surface area (TPSA) is 94.3 Å². The number of carboxylic acid groups (broad SMARTS) is 1. The SMILES string of the molecule is N#Cc1ccc(C(=O)N2CSCC2C(=O)O)nc1. The van der Waals surface area contributed by atoms with Gasteiger partial charge >= 0.3 is 5.97 Å². The van der Waals surface area contributed by atoms with Gasteiger partial charge in [0.05, 0.1) is 11.4 Å². The largest absolute Gasteiger partial charge is 0.480 e. The van der Waals surface area contributed by atoms with Crippen molar-refractivity contribution in [2.24, 2.45) is 0 Å². The minimum Gasteiger partial charge on any atom is -0.480 e. The summed E-state index contributed by atoms with van der Waals surface area (Å²) >= 11 is 1.39. The van der Waals surface area contributed by atoms with E-state index < -0.39 is 17.9 Å². The van der Waals surface area contributed by atoms with Crippen LogP contribution in [0.3, 0.4) is 0 Å². The molecule has 18 heavy (non-hydrogen) atoms. The number of carbonyl (C=O) groups is 2. The van der Waals surface area contributed by atoms with Gasteiger partial charge in [-0.1, -0.05) is 0 Å². The van der Waals surface area contributed by atoms with E-state index in [4.69, 9.17) is 10.4 Å². The Balaban J connectivity index is 2.20. The maximum atomic E-state index is 12.1. The van der Waals surface area contributed by atoms with Gasteiger partial charge in [-0.15, -0.1) is 11.8 Å². The van der Waals surface area contributed by atoms with Crippen LogP contribution >= 0.6 is 11.8 Å². The summed E-state index contributed by atoms with van der Waals surface area (Å²) in [6.45, 7) is 0.